The molecule has 0 fully saturated rings. The molecule has 0 radical (unpaired) electrons. The van der Waals surface area contributed by atoms with E-state index in [1.54, 1.807) is 0 Å². The van der Waals surface area contributed by atoms with Crippen LogP contribution in [0.25, 0.3) is 0 Å². The molecule has 0 saturated carbocycles. The molecule has 1 aromatic carbocycles. The standard InChI is InChI=1S/C14H19NO/c1-3-5-10-16-11-9-15-14-8-6-7-13(4-2)12-14/h2,6-8,12,15H,3,5,9-11H2,1H3. The largest absolute Gasteiger partial charge is 0.383 e. The molecule has 0 atom stereocenters. The van der Waals surface area contributed by atoms with E-state index in [4.69, 9.17) is 11.2 Å². The van der Waals surface area contributed by atoms with Crippen molar-refractivity contribution in [3.63, 3.8) is 0 Å². The van der Waals surface area contributed by atoms with Gasteiger partial charge in [0.15, 0.2) is 0 Å². The summed E-state index contributed by atoms with van der Waals surface area (Å²) in [6, 6.07) is 7.84. The van der Waals surface area contributed by atoms with Gasteiger partial charge >= 0.3 is 0 Å². The molecule has 0 unspecified atom stereocenters. The lowest BCUT2D eigenvalue weighted by Crippen LogP contribution is -2.09. The quantitative estimate of drug-likeness (QED) is 0.560. The summed E-state index contributed by atoms with van der Waals surface area (Å²) < 4.78 is 5.45. The molecule has 0 aliphatic carbocycles. The zero-order valence-electron chi connectivity index (χ0n) is 9.83. The van der Waals surface area contributed by atoms with Crippen molar-refractivity contribution in [3.8, 4) is 12.3 Å². The minimum absolute atomic E-state index is 0.736. The Morgan fingerprint density at radius 2 is 2.25 bits per heavy atom. The molecule has 2 nitrogen and oxygen atoms in total. The summed E-state index contributed by atoms with van der Waals surface area (Å²) in [5.74, 6) is 2.61. The number of rotatable bonds is 7. The highest BCUT2D eigenvalue weighted by Crippen LogP contribution is 2.08. The number of benzene rings is 1. The Hall–Kier alpha value is -1.46. The number of nitrogens with one attached hydrogen (secondary N) is 1. The lowest BCUT2D eigenvalue weighted by atomic mass is 10.2. The zero-order valence-corrected chi connectivity index (χ0v) is 9.83. The zero-order chi connectivity index (χ0) is 11.6. The summed E-state index contributed by atoms with van der Waals surface area (Å²) in [6.45, 7) is 4.56. The molecule has 0 amide bonds. The molecule has 0 aliphatic heterocycles. The Kier molecular flexibility index (Phi) is 6.13. The van der Waals surface area contributed by atoms with Gasteiger partial charge in [-0.25, -0.2) is 0 Å². The monoisotopic (exact) mass is 217 g/mol. The van der Waals surface area contributed by atoms with Gasteiger partial charge in [0.25, 0.3) is 0 Å². The van der Waals surface area contributed by atoms with Gasteiger partial charge in [-0.05, 0) is 24.6 Å². The average molecular weight is 217 g/mol. The van der Waals surface area contributed by atoms with E-state index in [0.717, 1.165) is 37.4 Å². The van der Waals surface area contributed by atoms with Crippen LogP contribution in [0, 0.1) is 12.3 Å². The average Bonchev–Trinajstić information content (AvgIpc) is 2.34. The third-order valence-electron chi connectivity index (χ3n) is 2.25. The van der Waals surface area contributed by atoms with Gasteiger partial charge in [0.05, 0.1) is 6.61 Å². The predicted octanol–water partition coefficient (Wildman–Crippen LogP) is 2.90. The summed E-state index contributed by atoms with van der Waals surface area (Å²) in [5, 5.41) is 3.28. The smallest absolute Gasteiger partial charge is 0.0639 e. The number of anilines is 1. The third-order valence-corrected chi connectivity index (χ3v) is 2.25. The molecule has 2 heteroatoms. The van der Waals surface area contributed by atoms with Crippen molar-refractivity contribution in [1.29, 1.82) is 0 Å². The van der Waals surface area contributed by atoms with Crippen molar-refractivity contribution in [2.45, 2.75) is 19.8 Å². The maximum atomic E-state index is 5.45. The van der Waals surface area contributed by atoms with E-state index in [2.05, 4.69) is 18.2 Å². The van der Waals surface area contributed by atoms with Crippen LogP contribution in [0.1, 0.15) is 25.3 Å². The van der Waals surface area contributed by atoms with Crippen molar-refractivity contribution in [2.24, 2.45) is 0 Å². The van der Waals surface area contributed by atoms with Gasteiger partial charge in [0.1, 0.15) is 0 Å². The van der Waals surface area contributed by atoms with E-state index < -0.39 is 0 Å². The second-order valence-electron chi connectivity index (χ2n) is 3.62. The molecule has 0 heterocycles. The van der Waals surface area contributed by atoms with Crippen molar-refractivity contribution in [2.75, 3.05) is 25.1 Å². The number of ether oxygens (including phenoxy) is 1. The molecule has 16 heavy (non-hydrogen) atoms. The molecule has 0 bridgehead atoms. The van der Waals surface area contributed by atoms with Crippen LogP contribution >= 0.6 is 0 Å². The van der Waals surface area contributed by atoms with Crippen LogP contribution in [-0.2, 0) is 4.74 Å². The molecule has 1 N–H and O–H groups in total. The fourth-order valence-corrected chi connectivity index (χ4v) is 1.33. The van der Waals surface area contributed by atoms with Crippen molar-refractivity contribution in [1.82, 2.24) is 0 Å². The fraction of sp³-hybridized carbons (Fsp3) is 0.429. The Bertz CT molecular complexity index is 341. The predicted molar refractivity (Wildman–Crippen MR) is 68.6 cm³/mol. The Labute approximate surface area is 98.0 Å². The molecular weight excluding hydrogens is 198 g/mol. The minimum atomic E-state index is 0.736. The van der Waals surface area contributed by atoms with Gasteiger partial charge in [0.2, 0.25) is 0 Å². The topological polar surface area (TPSA) is 21.3 Å². The minimum Gasteiger partial charge on any atom is -0.383 e. The summed E-state index contributed by atoms with van der Waals surface area (Å²) in [5.41, 5.74) is 1.95. The Balaban J connectivity index is 2.19. The van der Waals surface area contributed by atoms with Crippen LogP contribution in [0.2, 0.25) is 0 Å². The number of hydrogen-bond donors (Lipinski definition) is 1. The first-order chi connectivity index (χ1) is 7.86. The Morgan fingerprint density at radius 3 is 3.00 bits per heavy atom. The second kappa shape index (κ2) is 7.78. The van der Waals surface area contributed by atoms with Crippen LogP contribution < -0.4 is 5.32 Å². The van der Waals surface area contributed by atoms with Crippen LogP contribution in [0.5, 0.6) is 0 Å². The summed E-state index contributed by atoms with van der Waals surface area (Å²) in [4.78, 5) is 0. The van der Waals surface area contributed by atoms with Gasteiger partial charge < -0.3 is 10.1 Å². The van der Waals surface area contributed by atoms with E-state index in [1.165, 1.54) is 6.42 Å². The number of unbranched alkanes of at least 4 members (excludes halogenated alkanes) is 1. The van der Waals surface area contributed by atoms with Gasteiger partial charge in [-0.1, -0.05) is 25.3 Å². The van der Waals surface area contributed by atoms with E-state index >= 15 is 0 Å². The molecule has 1 rings (SSSR count). The van der Waals surface area contributed by atoms with Gasteiger partial charge in [-0.2, -0.15) is 0 Å². The maximum absolute atomic E-state index is 5.45. The molecular formula is C14H19NO. The van der Waals surface area contributed by atoms with E-state index in [-0.39, 0.29) is 0 Å². The van der Waals surface area contributed by atoms with Gasteiger partial charge in [-0.3, -0.25) is 0 Å². The van der Waals surface area contributed by atoms with Crippen LogP contribution in [0.3, 0.4) is 0 Å². The first kappa shape index (κ1) is 12.6. The molecule has 0 aliphatic rings. The van der Waals surface area contributed by atoms with Crippen molar-refractivity contribution >= 4 is 5.69 Å². The van der Waals surface area contributed by atoms with E-state index in [1.807, 2.05) is 24.3 Å². The number of hydrogen-bond acceptors (Lipinski definition) is 2. The molecule has 1 aromatic rings. The summed E-state index contributed by atoms with van der Waals surface area (Å²) >= 11 is 0. The SMILES string of the molecule is C#Cc1cccc(NCCOCCCC)c1. The maximum Gasteiger partial charge on any atom is 0.0639 e. The molecule has 0 saturated heterocycles. The highest BCUT2D eigenvalue weighted by atomic mass is 16.5. The van der Waals surface area contributed by atoms with Crippen molar-refractivity contribution in [3.05, 3.63) is 29.8 Å². The normalized spacial score (nSPS) is 9.75. The first-order valence-corrected chi connectivity index (χ1v) is 5.75. The van der Waals surface area contributed by atoms with E-state index in [9.17, 15) is 0 Å². The highest BCUT2D eigenvalue weighted by molar-refractivity contribution is 5.49. The highest BCUT2D eigenvalue weighted by Gasteiger charge is 1.93. The molecule has 86 valence electrons. The lowest BCUT2D eigenvalue weighted by Gasteiger charge is -2.07. The van der Waals surface area contributed by atoms with Crippen LogP contribution in [-0.4, -0.2) is 19.8 Å². The second-order valence-corrected chi connectivity index (χ2v) is 3.62. The third kappa shape index (κ3) is 4.86. The molecule has 0 spiro atoms. The van der Waals surface area contributed by atoms with Gasteiger partial charge in [0, 0.05) is 24.4 Å². The van der Waals surface area contributed by atoms with E-state index in [0.29, 0.717) is 0 Å². The molecule has 0 aromatic heterocycles. The van der Waals surface area contributed by atoms with Gasteiger partial charge in [-0.15, -0.1) is 6.42 Å². The fourth-order valence-electron chi connectivity index (χ4n) is 1.33. The Morgan fingerprint density at radius 1 is 1.38 bits per heavy atom. The number of terminal acetylenes is 1. The summed E-state index contributed by atoms with van der Waals surface area (Å²) in [7, 11) is 0. The first-order valence-electron chi connectivity index (χ1n) is 5.75. The van der Waals surface area contributed by atoms with Crippen molar-refractivity contribution < 1.29 is 4.74 Å². The summed E-state index contributed by atoms with van der Waals surface area (Å²) in [6.07, 6.45) is 7.64. The van der Waals surface area contributed by atoms with Crippen LogP contribution in [0.15, 0.2) is 24.3 Å². The lowest BCUT2D eigenvalue weighted by molar-refractivity contribution is 0.141. The van der Waals surface area contributed by atoms with Crippen LogP contribution in [0.4, 0.5) is 5.69 Å².